The summed E-state index contributed by atoms with van der Waals surface area (Å²) in [5.41, 5.74) is 5.75. The molecule has 0 radical (unpaired) electrons. The molecule has 0 spiro atoms. The Labute approximate surface area is 211 Å². The predicted molar refractivity (Wildman–Crippen MR) is 124 cm³/mol. The number of aromatic nitrogens is 4. The number of para-hydroxylation sites is 1. The molecular formula is C24H24F3N4NaO. The van der Waals surface area contributed by atoms with E-state index in [1.807, 2.05) is 17.8 Å². The molecule has 0 aliphatic heterocycles. The van der Waals surface area contributed by atoms with Crippen LogP contribution in [0, 0.1) is 0 Å². The van der Waals surface area contributed by atoms with Crippen molar-refractivity contribution in [3.05, 3.63) is 53.7 Å². The number of ether oxygens (including phenoxy) is 1. The van der Waals surface area contributed by atoms with E-state index in [9.17, 15) is 13.2 Å². The van der Waals surface area contributed by atoms with Crippen molar-refractivity contribution in [3.8, 4) is 28.4 Å². The van der Waals surface area contributed by atoms with E-state index < -0.39 is 6.36 Å². The van der Waals surface area contributed by atoms with Crippen molar-refractivity contribution in [2.75, 3.05) is 0 Å². The topological polar surface area (TPSA) is 55.7 Å². The SMILES string of the molecule is Cn1nc2c(c1-c1nc3cc(-c4ccccc4OC(F)(F)F)ccc3[nH]1)CCCC2(C)C.[NaH]. The molecule has 0 saturated carbocycles. The zero-order chi connectivity index (χ0) is 22.7. The van der Waals surface area contributed by atoms with Gasteiger partial charge in [0, 0.05) is 23.6 Å². The number of halogens is 3. The molecule has 2 aromatic carbocycles. The van der Waals surface area contributed by atoms with Crippen molar-refractivity contribution in [2.45, 2.75) is 44.9 Å². The molecule has 2 heterocycles. The number of H-pyrrole nitrogens is 1. The van der Waals surface area contributed by atoms with Crippen molar-refractivity contribution < 1.29 is 17.9 Å². The Morgan fingerprint density at radius 1 is 1.12 bits per heavy atom. The van der Waals surface area contributed by atoms with E-state index in [2.05, 4.69) is 23.6 Å². The van der Waals surface area contributed by atoms with Crippen LogP contribution in [0.5, 0.6) is 5.75 Å². The van der Waals surface area contributed by atoms with E-state index in [-0.39, 0.29) is 40.7 Å². The molecule has 0 atom stereocenters. The van der Waals surface area contributed by atoms with Gasteiger partial charge in [-0.25, -0.2) is 4.98 Å². The Kier molecular flexibility index (Phi) is 6.14. The summed E-state index contributed by atoms with van der Waals surface area (Å²) in [5.74, 6) is 0.476. The van der Waals surface area contributed by atoms with Crippen molar-refractivity contribution in [2.24, 2.45) is 7.05 Å². The zero-order valence-corrected chi connectivity index (χ0v) is 18.0. The molecule has 5 rings (SSSR count). The number of nitrogens with zero attached hydrogens (tertiary/aromatic N) is 3. The second-order valence-electron chi connectivity index (χ2n) is 8.90. The van der Waals surface area contributed by atoms with Crippen LogP contribution in [0.2, 0.25) is 0 Å². The molecule has 0 bridgehead atoms. The molecule has 33 heavy (non-hydrogen) atoms. The number of hydrogen-bond acceptors (Lipinski definition) is 3. The maximum absolute atomic E-state index is 12.8. The average Bonchev–Trinajstić information content (AvgIpc) is 3.27. The zero-order valence-electron chi connectivity index (χ0n) is 18.0. The quantitative estimate of drug-likeness (QED) is 0.408. The van der Waals surface area contributed by atoms with Crippen LogP contribution in [0.3, 0.4) is 0 Å². The summed E-state index contributed by atoms with van der Waals surface area (Å²) >= 11 is 0. The summed E-state index contributed by atoms with van der Waals surface area (Å²) in [6.45, 7) is 4.43. The van der Waals surface area contributed by atoms with E-state index in [4.69, 9.17) is 10.1 Å². The molecule has 168 valence electrons. The second kappa shape index (κ2) is 8.49. The predicted octanol–water partition coefficient (Wildman–Crippen LogP) is 5.49. The first-order valence-corrected chi connectivity index (χ1v) is 10.5. The Hall–Kier alpha value is -2.29. The number of aromatic amines is 1. The number of fused-ring (bicyclic) bond motifs is 2. The van der Waals surface area contributed by atoms with Gasteiger partial charge in [-0.2, -0.15) is 5.10 Å². The van der Waals surface area contributed by atoms with Crippen LogP contribution in [0.4, 0.5) is 13.2 Å². The Morgan fingerprint density at radius 3 is 2.64 bits per heavy atom. The fraction of sp³-hybridized carbons (Fsp3) is 0.333. The minimum atomic E-state index is -4.76. The molecule has 4 aromatic rings. The molecule has 5 nitrogen and oxygen atoms in total. The van der Waals surface area contributed by atoms with Crippen molar-refractivity contribution in [1.82, 2.24) is 19.7 Å². The summed E-state index contributed by atoms with van der Waals surface area (Å²) in [6.07, 6.45) is -1.61. The summed E-state index contributed by atoms with van der Waals surface area (Å²) in [7, 11) is 1.92. The number of nitrogens with one attached hydrogen (secondary N) is 1. The molecule has 9 heteroatoms. The first-order valence-electron chi connectivity index (χ1n) is 10.5. The van der Waals surface area contributed by atoms with Gasteiger partial charge in [0.05, 0.1) is 16.7 Å². The number of rotatable bonds is 3. The van der Waals surface area contributed by atoms with Crippen LogP contribution < -0.4 is 4.74 Å². The Bertz CT molecular complexity index is 1320. The van der Waals surface area contributed by atoms with Gasteiger partial charge < -0.3 is 9.72 Å². The van der Waals surface area contributed by atoms with E-state index in [1.54, 1.807) is 24.3 Å². The maximum atomic E-state index is 12.8. The number of alkyl halides is 3. The molecule has 0 saturated heterocycles. The van der Waals surface area contributed by atoms with Crippen LogP contribution in [0.1, 0.15) is 37.9 Å². The van der Waals surface area contributed by atoms with Crippen LogP contribution in [0.25, 0.3) is 33.7 Å². The van der Waals surface area contributed by atoms with Gasteiger partial charge in [-0.3, -0.25) is 4.68 Å². The summed E-state index contributed by atoms with van der Waals surface area (Å²) < 4.78 is 44.6. The van der Waals surface area contributed by atoms with E-state index >= 15 is 0 Å². The van der Waals surface area contributed by atoms with Gasteiger partial charge in [-0.1, -0.05) is 38.1 Å². The normalized spacial score (nSPS) is 15.2. The van der Waals surface area contributed by atoms with Crippen LogP contribution in [-0.2, 0) is 18.9 Å². The Balaban J connectivity index is 0.00000259. The first-order chi connectivity index (χ1) is 15.1. The van der Waals surface area contributed by atoms with Gasteiger partial charge in [0.2, 0.25) is 0 Å². The van der Waals surface area contributed by atoms with Crippen molar-refractivity contribution in [1.29, 1.82) is 0 Å². The molecule has 1 N–H and O–H groups in total. The number of imidazole rings is 1. The molecule has 1 aliphatic carbocycles. The van der Waals surface area contributed by atoms with Crippen LogP contribution >= 0.6 is 0 Å². The minimum absolute atomic E-state index is 0. The summed E-state index contributed by atoms with van der Waals surface area (Å²) in [5, 5.41) is 4.79. The average molecular weight is 464 g/mol. The fourth-order valence-electron chi connectivity index (χ4n) is 4.67. The number of benzene rings is 2. The summed E-state index contributed by atoms with van der Waals surface area (Å²) in [6, 6.07) is 11.5. The molecule has 0 unspecified atom stereocenters. The van der Waals surface area contributed by atoms with Crippen molar-refractivity contribution >= 4 is 40.6 Å². The monoisotopic (exact) mass is 464 g/mol. The number of hydrogen-bond donors (Lipinski definition) is 1. The standard InChI is InChI=1S/C24H23F3N4O.Na.H/c1-23(2)12-6-8-16-20(31(3)30-21(16)23)22-28-17-11-10-14(13-18(17)29-22)15-7-4-5-9-19(15)32-24(25,26)27;;/h4-5,7,9-11,13H,6,8,12H2,1-3H3,(H,28,29);;. The van der Waals surface area contributed by atoms with Gasteiger partial charge >= 0.3 is 35.9 Å². The summed E-state index contributed by atoms with van der Waals surface area (Å²) in [4.78, 5) is 8.15. The fourth-order valence-corrected chi connectivity index (χ4v) is 4.67. The molecular weight excluding hydrogens is 440 g/mol. The van der Waals surface area contributed by atoms with E-state index in [1.165, 1.54) is 17.7 Å². The first kappa shape index (κ1) is 23.9. The van der Waals surface area contributed by atoms with Crippen molar-refractivity contribution in [3.63, 3.8) is 0 Å². The van der Waals surface area contributed by atoms with Gasteiger partial charge in [0.25, 0.3) is 0 Å². The van der Waals surface area contributed by atoms with E-state index in [0.29, 0.717) is 22.5 Å². The molecule has 2 aromatic heterocycles. The van der Waals surface area contributed by atoms with Gasteiger partial charge in [0.15, 0.2) is 5.82 Å². The third kappa shape index (κ3) is 4.44. The van der Waals surface area contributed by atoms with Crippen LogP contribution in [0.15, 0.2) is 42.5 Å². The van der Waals surface area contributed by atoms with E-state index in [0.717, 1.165) is 36.2 Å². The molecule has 1 aliphatic rings. The second-order valence-corrected chi connectivity index (χ2v) is 8.90. The third-order valence-corrected chi connectivity index (χ3v) is 6.15. The van der Waals surface area contributed by atoms with Gasteiger partial charge in [-0.05, 0) is 43.0 Å². The molecule has 0 fully saturated rings. The molecule has 0 amide bonds. The van der Waals surface area contributed by atoms with Gasteiger partial charge in [-0.15, -0.1) is 13.2 Å². The van der Waals surface area contributed by atoms with Crippen LogP contribution in [-0.4, -0.2) is 55.7 Å². The number of aryl methyl sites for hydroxylation is 1. The third-order valence-electron chi connectivity index (χ3n) is 6.15. The van der Waals surface area contributed by atoms with Gasteiger partial charge in [0.1, 0.15) is 11.4 Å². The Morgan fingerprint density at radius 2 is 1.88 bits per heavy atom.